The lowest BCUT2D eigenvalue weighted by atomic mass is 9.60. The number of phenolic OH excluding ortho intramolecular Hbond substituents is 1. The van der Waals surface area contributed by atoms with Gasteiger partial charge < -0.3 is 31.5 Å². The van der Waals surface area contributed by atoms with Crippen molar-refractivity contribution in [2.24, 2.45) is 23.5 Å². The smallest absolute Gasteiger partial charge is 0.255 e. The molecule has 204 valence electrons. The van der Waals surface area contributed by atoms with Crippen LogP contribution in [0.5, 0.6) is 5.75 Å². The molecule has 1 aromatic carbocycles. The van der Waals surface area contributed by atoms with Gasteiger partial charge in [0.2, 0.25) is 5.78 Å². The van der Waals surface area contributed by atoms with Crippen molar-refractivity contribution in [1.29, 1.82) is 0 Å². The van der Waals surface area contributed by atoms with E-state index in [1.165, 1.54) is 0 Å². The number of carbonyl (C=O) groups excluding carboxylic acids is 3. The van der Waals surface area contributed by atoms with Gasteiger partial charge >= 0.3 is 0 Å². The second-order valence-corrected chi connectivity index (χ2v) is 10.9. The third kappa shape index (κ3) is 4.11. The molecule has 1 aromatic heterocycles. The van der Waals surface area contributed by atoms with Crippen LogP contribution >= 0.6 is 0 Å². The zero-order valence-electron chi connectivity index (χ0n) is 21.7. The van der Waals surface area contributed by atoms with Gasteiger partial charge in [-0.3, -0.25) is 19.4 Å². The van der Waals surface area contributed by atoms with Gasteiger partial charge in [-0.25, -0.2) is 0 Å². The van der Waals surface area contributed by atoms with Crippen molar-refractivity contribution in [3.63, 3.8) is 0 Å². The zero-order valence-corrected chi connectivity index (χ0v) is 21.7. The molecule has 0 aliphatic heterocycles. The molecule has 0 bridgehead atoms. The van der Waals surface area contributed by atoms with Crippen molar-refractivity contribution in [3.05, 3.63) is 69.8 Å². The lowest BCUT2D eigenvalue weighted by Gasteiger charge is -2.45. The molecule has 3 aliphatic carbocycles. The van der Waals surface area contributed by atoms with E-state index in [4.69, 9.17) is 5.73 Å². The van der Waals surface area contributed by atoms with Gasteiger partial charge in [0.1, 0.15) is 22.8 Å². The van der Waals surface area contributed by atoms with Crippen molar-refractivity contribution in [2.45, 2.75) is 45.3 Å². The molecule has 0 saturated heterocycles. The number of ketones is 2. The maximum Gasteiger partial charge on any atom is 0.255 e. The molecule has 7 N–H and O–H groups in total. The van der Waals surface area contributed by atoms with E-state index in [1.54, 1.807) is 18.3 Å². The Morgan fingerprint density at radius 3 is 2.59 bits per heavy atom. The van der Waals surface area contributed by atoms with Crippen molar-refractivity contribution in [2.75, 3.05) is 6.54 Å². The van der Waals surface area contributed by atoms with Crippen LogP contribution in [-0.2, 0) is 22.6 Å². The van der Waals surface area contributed by atoms with Gasteiger partial charge in [-0.05, 0) is 55.0 Å². The molecule has 2 aromatic rings. The number of hydrogen-bond acceptors (Lipinski definition) is 9. The van der Waals surface area contributed by atoms with Gasteiger partial charge in [-0.2, -0.15) is 0 Å². The number of benzene rings is 1. The minimum Gasteiger partial charge on any atom is -0.511 e. The fourth-order valence-electron chi connectivity index (χ4n) is 6.12. The highest BCUT2D eigenvalue weighted by atomic mass is 16.3. The van der Waals surface area contributed by atoms with Gasteiger partial charge in [0.15, 0.2) is 11.4 Å². The molecule has 0 saturated carbocycles. The maximum absolute atomic E-state index is 14.0. The van der Waals surface area contributed by atoms with Gasteiger partial charge in [-0.15, -0.1) is 0 Å². The first-order valence-corrected chi connectivity index (χ1v) is 12.9. The molecule has 5 rings (SSSR count). The molecule has 0 fully saturated rings. The number of aromatic hydroxyl groups is 1. The Morgan fingerprint density at radius 1 is 1.21 bits per heavy atom. The number of carbonyl (C=O) groups is 3. The average Bonchev–Trinajstić information content (AvgIpc) is 2.87. The summed E-state index contributed by atoms with van der Waals surface area (Å²) in [6.07, 6.45) is 1.65. The molecule has 39 heavy (non-hydrogen) atoms. The van der Waals surface area contributed by atoms with E-state index in [0.29, 0.717) is 34.8 Å². The highest BCUT2D eigenvalue weighted by Gasteiger charge is 2.59. The summed E-state index contributed by atoms with van der Waals surface area (Å²) in [6.45, 7) is 5.04. The largest absolute Gasteiger partial charge is 0.511 e. The fraction of sp³-hybridized carbons (Fsp3) is 0.379. The van der Waals surface area contributed by atoms with Crippen LogP contribution in [0.1, 0.15) is 48.2 Å². The Morgan fingerprint density at radius 2 is 1.95 bits per heavy atom. The molecule has 1 heterocycles. The first kappa shape index (κ1) is 26.6. The quantitative estimate of drug-likeness (QED) is 0.304. The summed E-state index contributed by atoms with van der Waals surface area (Å²) >= 11 is 0. The summed E-state index contributed by atoms with van der Waals surface area (Å²) in [5.41, 5.74) is 3.97. The van der Waals surface area contributed by atoms with Gasteiger partial charge in [0.05, 0.1) is 11.3 Å². The molecule has 3 atom stereocenters. The van der Waals surface area contributed by atoms with Gasteiger partial charge in [0.25, 0.3) is 5.91 Å². The Kier molecular flexibility index (Phi) is 6.56. The molecule has 1 amide bonds. The van der Waals surface area contributed by atoms with E-state index in [2.05, 4.69) is 10.3 Å². The van der Waals surface area contributed by atoms with E-state index in [9.17, 15) is 34.8 Å². The number of primary amides is 1. The second-order valence-electron chi connectivity index (χ2n) is 10.9. The van der Waals surface area contributed by atoms with Crippen molar-refractivity contribution < 1.29 is 34.8 Å². The third-order valence-corrected chi connectivity index (χ3v) is 7.95. The summed E-state index contributed by atoms with van der Waals surface area (Å²) in [4.78, 5) is 43.5. The van der Waals surface area contributed by atoms with Gasteiger partial charge in [-0.1, -0.05) is 19.9 Å². The van der Waals surface area contributed by atoms with Crippen LogP contribution in [0.15, 0.2) is 53.1 Å². The number of amides is 1. The normalized spacial score (nSPS) is 24.5. The maximum atomic E-state index is 14.0. The van der Waals surface area contributed by atoms with Crippen LogP contribution < -0.4 is 11.1 Å². The number of pyridine rings is 1. The van der Waals surface area contributed by atoms with Crippen LogP contribution in [0.25, 0.3) is 11.3 Å². The monoisotopic (exact) mass is 533 g/mol. The van der Waals surface area contributed by atoms with E-state index < -0.39 is 52.0 Å². The Bertz CT molecular complexity index is 1460. The highest BCUT2D eigenvalue weighted by Crippen LogP contribution is 2.52. The number of aromatic nitrogens is 1. The number of aliphatic hydroxyl groups excluding tert-OH is 2. The first-order chi connectivity index (χ1) is 18.5. The molecular formula is C29H31N3O7. The number of fused-ring (bicyclic) bond motifs is 3. The van der Waals surface area contributed by atoms with Crippen LogP contribution in [0.3, 0.4) is 0 Å². The van der Waals surface area contributed by atoms with Crippen LogP contribution in [0.4, 0.5) is 0 Å². The predicted octanol–water partition coefficient (Wildman–Crippen LogP) is 2.39. The molecular weight excluding hydrogens is 502 g/mol. The third-order valence-electron chi connectivity index (χ3n) is 7.95. The minimum absolute atomic E-state index is 0.0175. The van der Waals surface area contributed by atoms with E-state index in [0.717, 1.165) is 0 Å². The Hall–Kier alpha value is -4.02. The number of nitrogens with two attached hydrogens (primary N) is 1. The predicted molar refractivity (Wildman–Crippen MR) is 141 cm³/mol. The number of hydrogen-bond donors (Lipinski definition) is 6. The number of nitrogens with zero attached hydrogens (tertiary/aromatic N) is 1. The van der Waals surface area contributed by atoms with Gasteiger partial charge in [0, 0.05) is 41.8 Å². The van der Waals surface area contributed by atoms with Crippen LogP contribution in [-0.4, -0.2) is 55.0 Å². The molecule has 10 heteroatoms. The molecule has 3 aliphatic rings. The zero-order chi connectivity index (χ0) is 28.2. The highest BCUT2D eigenvalue weighted by molar-refractivity contribution is 6.24. The Labute approximate surface area is 224 Å². The lowest BCUT2D eigenvalue weighted by molar-refractivity contribution is -0.144. The van der Waals surface area contributed by atoms with Crippen LogP contribution in [0.2, 0.25) is 0 Å². The summed E-state index contributed by atoms with van der Waals surface area (Å²) in [7, 11) is 0. The second kappa shape index (κ2) is 9.62. The molecule has 0 spiro atoms. The minimum atomic E-state index is -2.59. The van der Waals surface area contributed by atoms with E-state index >= 15 is 0 Å². The summed E-state index contributed by atoms with van der Waals surface area (Å²) in [5.74, 6) is -6.09. The number of rotatable bonds is 6. The van der Waals surface area contributed by atoms with E-state index in [-0.39, 0.29) is 42.7 Å². The average molecular weight is 534 g/mol. The number of nitrogens with one attached hydrogen (secondary N) is 1. The molecule has 1 unspecified atom stereocenters. The fourth-order valence-corrected chi connectivity index (χ4v) is 6.12. The standard InChI is InChI=1S/C29H31N3O7/c1-13(2)11-31-12-15-9-17(19-5-3-4-6-32-19)18-8-14-7-16-10-20(33)23(28(30)38)27(37)29(16,39)26(36)21(14)25(35)22(18)24(15)34/h3-6,9,13-14,16,31,33-34,36,39H,7-8,10-12H2,1-2H3,(H2,30,38)/t14-,16+,29?/m1/s1. The number of aliphatic hydroxyl groups is 3. The number of phenols is 1. The van der Waals surface area contributed by atoms with Crippen LogP contribution in [0, 0.1) is 17.8 Å². The number of allylic oxidation sites excluding steroid dienone is 2. The van der Waals surface area contributed by atoms with Crippen molar-refractivity contribution >= 4 is 17.5 Å². The molecule has 10 nitrogen and oxygen atoms in total. The SMILES string of the molecule is CC(C)CNCc1cc(-c2ccccn2)c2c(c1O)C(=O)C1=C(O)C3(O)C(=O)C(C(N)=O)=C(O)C[C@@H]3C[C@@H]1C2. The van der Waals surface area contributed by atoms with Crippen molar-refractivity contribution in [1.82, 2.24) is 10.3 Å². The molecule has 0 radical (unpaired) electrons. The number of Topliss-reactive ketones (excluding diaryl/α,β-unsaturated/α-hetero) is 2. The topological polar surface area (TPSA) is 183 Å². The first-order valence-electron chi connectivity index (χ1n) is 12.9. The lowest BCUT2D eigenvalue weighted by Crippen LogP contribution is -2.57. The summed E-state index contributed by atoms with van der Waals surface area (Å²) in [5, 5.41) is 47.7. The summed E-state index contributed by atoms with van der Waals surface area (Å²) in [6, 6.07) is 7.20. The van der Waals surface area contributed by atoms with Crippen molar-refractivity contribution in [3.8, 4) is 17.0 Å². The Balaban J connectivity index is 1.68. The summed E-state index contributed by atoms with van der Waals surface area (Å²) < 4.78 is 0. The van der Waals surface area contributed by atoms with E-state index in [1.807, 2.05) is 26.0 Å².